The van der Waals surface area contributed by atoms with Gasteiger partial charge in [0, 0.05) is 10.2 Å². The Labute approximate surface area is 172 Å². The Morgan fingerprint density at radius 2 is 1.96 bits per heavy atom. The Bertz CT molecular complexity index is 814. The van der Waals surface area contributed by atoms with Gasteiger partial charge in [0.25, 0.3) is 5.91 Å². The number of aryl methyl sites for hydroxylation is 1. The fraction of sp³-hybridized carbons (Fsp3) is 0.300. The van der Waals surface area contributed by atoms with Gasteiger partial charge in [-0.25, -0.2) is 0 Å². The third-order valence-electron chi connectivity index (χ3n) is 4.01. The molecule has 2 aromatic rings. The second-order valence-electron chi connectivity index (χ2n) is 5.96. The molecule has 0 spiro atoms. The van der Waals surface area contributed by atoms with Gasteiger partial charge in [-0.1, -0.05) is 28.1 Å². The van der Waals surface area contributed by atoms with Crippen LogP contribution < -0.4 is 15.4 Å². The maximum absolute atomic E-state index is 12.8. The van der Waals surface area contributed by atoms with Crippen LogP contribution in [-0.4, -0.2) is 37.0 Å². The number of nitrogens with one attached hydrogen (secondary N) is 2. The van der Waals surface area contributed by atoms with Crippen molar-refractivity contribution in [2.75, 3.05) is 24.4 Å². The molecule has 0 saturated carbocycles. The van der Waals surface area contributed by atoms with Crippen LogP contribution in [0.5, 0.6) is 5.75 Å². The van der Waals surface area contributed by atoms with Crippen molar-refractivity contribution in [3.63, 3.8) is 0 Å². The summed E-state index contributed by atoms with van der Waals surface area (Å²) in [5.74, 6) is 0.654. The highest BCUT2D eigenvalue weighted by Crippen LogP contribution is 2.21. The molecule has 0 aliphatic carbocycles. The van der Waals surface area contributed by atoms with E-state index in [4.69, 9.17) is 4.74 Å². The van der Waals surface area contributed by atoms with Crippen LogP contribution in [0.25, 0.3) is 0 Å². The van der Waals surface area contributed by atoms with Crippen molar-refractivity contribution in [3.8, 4) is 5.75 Å². The Hall–Kier alpha value is -1.99. The number of ether oxygens (including phenoxy) is 1. The minimum absolute atomic E-state index is 0.242. The molecule has 0 aromatic heterocycles. The minimum Gasteiger partial charge on any atom is -0.496 e. The number of carbonyl (C=O) groups is 2. The maximum atomic E-state index is 12.8. The van der Waals surface area contributed by atoms with Crippen molar-refractivity contribution in [1.29, 1.82) is 0 Å². The summed E-state index contributed by atoms with van der Waals surface area (Å²) in [7, 11) is 1.51. The topological polar surface area (TPSA) is 67.4 Å². The smallest absolute Gasteiger partial charge is 0.255 e. The third kappa shape index (κ3) is 6.01. The molecular weight excluding hydrogens is 428 g/mol. The van der Waals surface area contributed by atoms with Gasteiger partial charge in [0.2, 0.25) is 5.91 Å². The number of thioether (sulfide) groups is 1. The molecule has 144 valence electrons. The van der Waals surface area contributed by atoms with Crippen LogP contribution in [0.3, 0.4) is 0 Å². The molecule has 1 unspecified atom stereocenters. The largest absolute Gasteiger partial charge is 0.496 e. The average Bonchev–Trinajstić information content (AvgIpc) is 2.67. The van der Waals surface area contributed by atoms with Crippen molar-refractivity contribution >= 4 is 45.2 Å². The number of anilines is 1. The number of halogens is 1. The van der Waals surface area contributed by atoms with Crippen molar-refractivity contribution < 1.29 is 14.3 Å². The van der Waals surface area contributed by atoms with Crippen molar-refractivity contribution in [2.24, 2.45) is 0 Å². The first-order valence-corrected chi connectivity index (χ1v) is 10.6. The molecular formula is C20H23BrN2O3S. The zero-order valence-electron chi connectivity index (χ0n) is 15.5. The summed E-state index contributed by atoms with van der Waals surface area (Å²) in [5.41, 5.74) is 2.12. The highest BCUT2D eigenvalue weighted by Gasteiger charge is 2.23. The first-order chi connectivity index (χ1) is 13.0. The quantitative estimate of drug-likeness (QED) is 0.630. The minimum atomic E-state index is -0.640. The molecule has 0 aliphatic rings. The van der Waals surface area contributed by atoms with Gasteiger partial charge >= 0.3 is 0 Å². The van der Waals surface area contributed by atoms with Crippen LogP contribution >= 0.6 is 27.7 Å². The zero-order chi connectivity index (χ0) is 19.8. The molecule has 27 heavy (non-hydrogen) atoms. The van der Waals surface area contributed by atoms with Crippen LogP contribution in [0.1, 0.15) is 22.3 Å². The van der Waals surface area contributed by atoms with Crippen LogP contribution in [-0.2, 0) is 4.79 Å². The Kier molecular flexibility index (Phi) is 8.19. The molecule has 0 radical (unpaired) electrons. The molecule has 1 atom stereocenters. The highest BCUT2D eigenvalue weighted by atomic mass is 79.9. The van der Waals surface area contributed by atoms with E-state index >= 15 is 0 Å². The van der Waals surface area contributed by atoms with Crippen molar-refractivity contribution in [2.45, 2.75) is 19.4 Å². The average molecular weight is 451 g/mol. The first kappa shape index (κ1) is 21.3. The van der Waals surface area contributed by atoms with E-state index in [1.807, 2.05) is 31.4 Å². The third-order valence-corrected chi connectivity index (χ3v) is 5.54. The van der Waals surface area contributed by atoms with Gasteiger partial charge in [-0.2, -0.15) is 11.8 Å². The highest BCUT2D eigenvalue weighted by molar-refractivity contribution is 9.10. The summed E-state index contributed by atoms with van der Waals surface area (Å²) in [6.45, 7) is 1.95. The molecule has 0 bridgehead atoms. The molecule has 0 heterocycles. The molecule has 2 rings (SSSR count). The number of amides is 2. The number of hydrogen-bond donors (Lipinski definition) is 2. The lowest BCUT2D eigenvalue weighted by Crippen LogP contribution is -2.44. The van der Waals surface area contributed by atoms with Gasteiger partial charge < -0.3 is 15.4 Å². The number of benzene rings is 2. The number of methoxy groups -OCH3 is 1. The standard InChI is InChI=1S/C20H23BrN2O3S/c1-13-12-14(8-9-16(13)21)22-20(25)17(10-11-27-3)23-19(24)15-6-4-5-7-18(15)26-2/h4-9,12,17H,10-11H2,1-3H3,(H,22,25)(H,23,24). The summed E-state index contributed by atoms with van der Waals surface area (Å²) < 4.78 is 6.22. The Balaban J connectivity index is 2.14. The Morgan fingerprint density at radius 3 is 2.63 bits per heavy atom. The van der Waals surface area contributed by atoms with Gasteiger partial charge in [0.05, 0.1) is 12.7 Å². The van der Waals surface area contributed by atoms with Crippen LogP contribution in [0.15, 0.2) is 46.9 Å². The van der Waals surface area contributed by atoms with Gasteiger partial charge in [-0.3, -0.25) is 9.59 Å². The van der Waals surface area contributed by atoms with Crippen LogP contribution in [0.2, 0.25) is 0 Å². The first-order valence-electron chi connectivity index (χ1n) is 8.46. The predicted molar refractivity (Wildman–Crippen MR) is 115 cm³/mol. The number of hydrogen-bond acceptors (Lipinski definition) is 4. The van der Waals surface area contributed by atoms with Gasteiger partial charge in [-0.05, 0) is 61.2 Å². The summed E-state index contributed by atoms with van der Waals surface area (Å²) in [5, 5.41) is 5.72. The molecule has 2 amide bonds. The molecule has 7 heteroatoms. The Morgan fingerprint density at radius 1 is 1.22 bits per heavy atom. The number of para-hydroxylation sites is 1. The number of rotatable bonds is 8. The molecule has 2 N–H and O–H groups in total. The monoisotopic (exact) mass is 450 g/mol. The summed E-state index contributed by atoms with van der Waals surface area (Å²) in [6.07, 6.45) is 2.50. The predicted octanol–water partition coefficient (Wildman–Crippen LogP) is 4.26. The van der Waals surface area contributed by atoms with E-state index in [1.165, 1.54) is 7.11 Å². The summed E-state index contributed by atoms with van der Waals surface area (Å²) in [6, 6.07) is 11.9. The SMILES string of the molecule is COc1ccccc1C(=O)NC(CCSC)C(=O)Nc1ccc(Br)c(C)c1. The van der Waals surface area contributed by atoms with E-state index in [9.17, 15) is 9.59 Å². The molecule has 0 fully saturated rings. The normalized spacial score (nSPS) is 11.6. The zero-order valence-corrected chi connectivity index (χ0v) is 17.9. The fourth-order valence-corrected chi connectivity index (χ4v) is 3.24. The van der Waals surface area contributed by atoms with E-state index in [2.05, 4.69) is 26.6 Å². The van der Waals surface area contributed by atoms with Crippen molar-refractivity contribution in [3.05, 3.63) is 58.1 Å². The van der Waals surface area contributed by atoms with Crippen LogP contribution in [0.4, 0.5) is 5.69 Å². The molecule has 5 nitrogen and oxygen atoms in total. The van der Waals surface area contributed by atoms with E-state index in [-0.39, 0.29) is 11.8 Å². The van der Waals surface area contributed by atoms with Gasteiger partial charge in [0.1, 0.15) is 11.8 Å². The van der Waals surface area contributed by atoms with Gasteiger partial charge in [-0.15, -0.1) is 0 Å². The lowest BCUT2D eigenvalue weighted by Gasteiger charge is -2.19. The van der Waals surface area contributed by atoms with E-state index < -0.39 is 6.04 Å². The molecule has 0 saturated heterocycles. The van der Waals surface area contributed by atoms with E-state index in [1.54, 1.807) is 36.0 Å². The lowest BCUT2D eigenvalue weighted by atomic mass is 10.1. The van der Waals surface area contributed by atoms with Gasteiger partial charge in [0.15, 0.2) is 0 Å². The summed E-state index contributed by atoms with van der Waals surface area (Å²) in [4.78, 5) is 25.4. The second kappa shape index (κ2) is 10.4. The molecule has 0 aliphatic heterocycles. The van der Waals surface area contributed by atoms with E-state index in [0.717, 1.165) is 15.8 Å². The van der Waals surface area contributed by atoms with E-state index in [0.29, 0.717) is 23.4 Å². The summed E-state index contributed by atoms with van der Waals surface area (Å²) >= 11 is 5.07. The second-order valence-corrected chi connectivity index (χ2v) is 7.80. The lowest BCUT2D eigenvalue weighted by molar-refractivity contribution is -0.118. The maximum Gasteiger partial charge on any atom is 0.255 e. The van der Waals surface area contributed by atoms with Crippen molar-refractivity contribution in [1.82, 2.24) is 5.32 Å². The fourth-order valence-electron chi connectivity index (χ4n) is 2.52. The number of carbonyl (C=O) groups excluding carboxylic acids is 2. The molecule has 2 aromatic carbocycles. The van der Waals surface area contributed by atoms with Crippen LogP contribution in [0, 0.1) is 6.92 Å².